The minimum Gasteiger partial charge on any atom is -0.493 e. The summed E-state index contributed by atoms with van der Waals surface area (Å²) < 4.78 is 11.8. The standard InChI is InChI=1S/C25H34N4O3.HI/c1-3-26-25(28-17-16-27-24(30)19-10-5-4-6-11-19)29-18-20-12-9-15-22(31-2)23(20)32-21-13-7-8-14-21;/h4-6,9-12,15,21H,3,7-8,13-14,16-18H2,1-2H3,(H,27,30)(H2,26,28,29);1H. The summed E-state index contributed by atoms with van der Waals surface area (Å²) in [5.41, 5.74) is 1.65. The molecule has 0 aromatic heterocycles. The minimum atomic E-state index is -0.0839. The van der Waals surface area contributed by atoms with E-state index in [0.29, 0.717) is 31.2 Å². The molecule has 8 heteroatoms. The van der Waals surface area contributed by atoms with Gasteiger partial charge in [0.1, 0.15) is 0 Å². The van der Waals surface area contributed by atoms with E-state index >= 15 is 0 Å². The molecule has 2 aromatic rings. The zero-order chi connectivity index (χ0) is 22.6. The average Bonchev–Trinajstić information content (AvgIpc) is 3.34. The summed E-state index contributed by atoms with van der Waals surface area (Å²) >= 11 is 0. The number of methoxy groups -OCH3 is 1. The van der Waals surface area contributed by atoms with Crippen molar-refractivity contribution in [3.8, 4) is 11.5 Å². The molecular weight excluding hydrogens is 531 g/mol. The lowest BCUT2D eigenvalue weighted by Crippen LogP contribution is -2.41. The normalized spacial score (nSPS) is 13.7. The quantitative estimate of drug-likeness (QED) is 0.175. The molecule has 1 amide bonds. The van der Waals surface area contributed by atoms with E-state index in [9.17, 15) is 4.79 Å². The number of amides is 1. The number of para-hydroxylation sites is 1. The smallest absolute Gasteiger partial charge is 0.251 e. The highest BCUT2D eigenvalue weighted by Gasteiger charge is 2.20. The van der Waals surface area contributed by atoms with Gasteiger partial charge in [0.2, 0.25) is 0 Å². The molecule has 0 saturated heterocycles. The number of carbonyl (C=O) groups is 1. The number of nitrogens with one attached hydrogen (secondary N) is 3. The van der Waals surface area contributed by atoms with Crippen LogP contribution in [0.25, 0.3) is 0 Å². The molecule has 7 nitrogen and oxygen atoms in total. The van der Waals surface area contributed by atoms with Gasteiger partial charge in [0.25, 0.3) is 5.91 Å². The Morgan fingerprint density at radius 3 is 2.42 bits per heavy atom. The van der Waals surface area contributed by atoms with E-state index in [2.05, 4.69) is 16.0 Å². The second kappa shape index (κ2) is 14.6. The van der Waals surface area contributed by atoms with Crippen LogP contribution in [0.3, 0.4) is 0 Å². The van der Waals surface area contributed by atoms with Crippen LogP contribution in [-0.4, -0.2) is 44.7 Å². The van der Waals surface area contributed by atoms with Crippen LogP contribution in [-0.2, 0) is 6.54 Å². The van der Waals surface area contributed by atoms with Crippen LogP contribution in [0.5, 0.6) is 11.5 Å². The number of hydrogen-bond acceptors (Lipinski definition) is 4. The summed E-state index contributed by atoms with van der Waals surface area (Å²) in [6, 6.07) is 15.1. The molecule has 1 aliphatic rings. The fourth-order valence-electron chi connectivity index (χ4n) is 3.71. The molecule has 1 fully saturated rings. The van der Waals surface area contributed by atoms with Crippen LogP contribution in [0.2, 0.25) is 0 Å². The van der Waals surface area contributed by atoms with Crippen LogP contribution >= 0.6 is 24.0 Å². The van der Waals surface area contributed by atoms with E-state index < -0.39 is 0 Å². The van der Waals surface area contributed by atoms with Gasteiger partial charge in [-0.1, -0.05) is 30.3 Å². The van der Waals surface area contributed by atoms with Crippen molar-refractivity contribution in [2.45, 2.75) is 45.3 Å². The molecule has 3 rings (SSSR count). The predicted molar refractivity (Wildman–Crippen MR) is 143 cm³/mol. The second-order valence-corrected chi connectivity index (χ2v) is 7.72. The summed E-state index contributed by atoms with van der Waals surface area (Å²) in [6.45, 7) is 4.28. The van der Waals surface area contributed by atoms with Crippen LogP contribution in [0.15, 0.2) is 53.5 Å². The highest BCUT2D eigenvalue weighted by Crippen LogP contribution is 2.35. The topological polar surface area (TPSA) is 84.0 Å². The molecule has 0 radical (unpaired) electrons. The zero-order valence-corrected chi connectivity index (χ0v) is 21.8. The lowest BCUT2D eigenvalue weighted by molar-refractivity contribution is 0.0954. The molecule has 0 bridgehead atoms. The Balaban J connectivity index is 0.00000385. The highest BCUT2D eigenvalue weighted by molar-refractivity contribution is 14.0. The number of rotatable bonds is 10. The van der Waals surface area contributed by atoms with E-state index in [0.717, 1.165) is 36.4 Å². The molecule has 0 aliphatic heterocycles. The van der Waals surface area contributed by atoms with E-state index in [1.165, 1.54) is 12.8 Å². The van der Waals surface area contributed by atoms with Gasteiger partial charge in [-0.3, -0.25) is 4.79 Å². The molecule has 2 aromatic carbocycles. The fraction of sp³-hybridized carbons (Fsp3) is 0.440. The fourth-order valence-corrected chi connectivity index (χ4v) is 3.71. The number of nitrogens with zero attached hydrogens (tertiary/aromatic N) is 1. The summed E-state index contributed by atoms with van der Waals surface area (Å²) in [4.78, 5) is 16.9. The number of guanidine groups is 1. The molecule has 1 saturated carbocycles. The highest BCUT2D eigenvalue weighted by atomic mass is 127. The maximum absolute atomic E-state index is 12.2. The van der Waals surface area contributed by atoms with Crippen molar-refractivity contribution in [2.75, 3.05) is 26.7 Å². The molecule has 0 spiro atoms. The van der Waals surface area contributed by atoms with Crippen molar-refractivity contribution in [1.29, 1.82) is 0 Å². The molecular formula is C25H35IN4O3. The summed E-state index contributed by atoms with van der Waals surface area (Å²) in [6.07, 6.45) is 4.83. The van der Waals surface area contributed by atoms with Gasteiger partial charge in [0, 0.05) is 30.8 Å². The monoisotopic (exact) mass is 566 g/mol. The summed E-state index contributed by atoms with van der Waals surface area (Å²) in [5, 5.41) is 9.43. The number of aliphatic imine (C=N–C) groups is 1. The Hall–Kier alpha value is -2.49. The minimum absolute atomic E-state index is 0. The molecule has 0 unspecified atom stereocenters. The van der Waals surface area contributed by atoms with Crippen molar-refractivity contribution in [2.24, 2.45) is 4.99 Å². The molecule has 33 heavy (non-hydrogen) atoms. The Morgan fingerprint density at radius 2 is 1.73 bits per heavy atom. The van der Waals surface area contributed by atoms with Crippen LogP contribution in [0, 0.1) is 0 Å². The third kappa shape index (κ3) is 8.42. The van der Waals surface area contributed by atoms with Crippen LogP contribution in [0.4, 0.5) is 0 Å². The van der Waals surface area contributed by atoms with Crippen molar-refractivity contribution in [3.63, 3.8) is 0 Å². The number of carbonyl (C=O) groups excluding carboxylic acids is 1. The largest absolute Gasteiger partial charge is 0.493 e. The molecule has 180 valence electrons. The predicted octanol–water partition coefficient (Wildman–Crippen LogP) is 4.12. The van der Waals surface area contributed by atoms with Gasteiger partial charge in [0.05, 0.1) is 19.8 Å². The molecule has 3 N–H and O–H groups in total. The van der Waals surface area contributed by atoms with E-state index in [1.54, 1.807) is 19.2 Å². The van der Waals surface area contributed by atoms with Crippen molar-refractivity contribution >= 4 is 35.8 Å². The lowest BCUT2D eigenvalue weighted by atomic mass is 10.1. The Labute approximate surface area is 213 Å². The first-order valence-electron chi connectivity index (χ1n) is 11.4. The van der Waals surface area contributed by atoms with Crippen molar-refractivity contribution < 1.29 is 14.3 Å². The number of benzene rings is 2. The van der Waals surface area contributed by atoms with E-state index in [1.807, 2.05) is 43.3 Å². The van der Waals surface area contributed by atoms with E-state index in [4.69, 9.17) is 14.5 Å². The Morgan fingerprint density at radius 1 is 1.00 bits per heavy atom. The number of ether oxygens (including phenoxy) is 2. The van der Waals surface area contributed by atoms with Crippen molar-refractivity contribution in [1.82, 2.24) is 16.0 Å². The molecule has 0 atom stereocenters. The maximum atomic E-state index is 12.2. The van der Waals surface area contributed by atoms with Gasteiger partial charge < -0.3 is 25.4 Å². The Kier molecular flexibility index (Phi) is 11.9. The second-order valence-electron chi connectivity index (χ2n) is 7.72. The SMILES string of the molecule is CCNC(=NCc1cccc(OC)c1OC1CCCC1)NCCNC(=O)c1ccccc1.I. The third-order valence-corrected chi connectivity index (χ3v) is 5.36. The van der Waals surface area contributed by atoms with Gasteiger partial charge in [-0.05, 0) is 50.8 Å². The Bertz CT molecular complexity index is 886. The average molecular weight is 566 g/mol. The lowest BCUT2D eigenvalue weighted by Gasteiger charge is -2.19. The zero-order valence-electron chi connectivity index (χ0n) is 19.4. The van der Waals surface area contributed by atoms with Gasteiger partial charge in [-0.25, -0.2) is 4.99 Å². The van der Waals surface area contributed by atoms with Crippen LogP contribution < -0.4 is 25.4 Å². The van der Waals surface area contributed by atoms with Gasteiger partial charge in [0.15, 0.2) is 17.5 Å². The van der Waals surface area contributed by atoms with E-state index in [-0.39, 0.29) is 36.0 Å². The molecule has 1 aliphatic carbocycles. The van der Waals surface area contributed by atoms with Gasteiger partial charge in [-0.2, -0.15) is 0 Å². The first-order chi connectivity index (χ1) is 15.7. The van der Waals surface area contributed by atoms with Crippen LogP contribution in [0.1, 0.15) is 48.5 Å². The first-order valence-corrected chi connectivity index (χ1v) is 11.4. The first kappa shape index (κ1) is 26.8. The van der Waals surface area contributed by atoms with Crippen molar-refractivity contribution in [3.05, 3.63) is 59.7 Å². The van der Waals surface area contributed by atoms with Gasteiger partial charge in [-0.15, -0.1) is 24.0 Å². The third-order valence-electron chi connectivity index (χ3n) is 5.36. The summed E-state index contributed by atoms with van der Waals surface area (Å²) in [5.74, 6) is 2.14. The molecule has 0 heterocycles. The number of halogens is 1. The maximum Gasteiger partial charge on any atom is 0.251 e. The van der Waals surface area contributed by atoms with Gasteiger partial charge >= 0.3 is 0 Å². The number of hydrogen-bond donors (Lipinski definition) is 3. The summed E-state index contributed by atoms with van der Waals surface area (Å²) in [7, 11) is 1.67.